The molecule has 0 aromatic carbocycles. The van der Waals surface area contributed by atoms with Crippen molar-refractivity contribution in [3.8, 4) is 0 Å². The van der Waals surface area contributed by atoms with Crippen LogP contribution in [0.2, 0.25) is 0 Å². The van der Waals surface area contributed by atoms with E-state index in [0.29, 0.717) is 19.3 Å². The fraction of sp³-hybridized carbons (Fsp3) is 0.761. The van der Waals surface area contributed by atoms with Gasteiger partial charge in [-0.3, -0.25) is 14.4 Å². The van der Waals surface area contributed by atoms with Crippen molar-refractivity contribution < 1.29 is 58.2 Å². The van der Waals surface area contributed by atoms with Crippen LogP contribution in [0, 0.1) is 0 Å². The number of aliphatic hydroxyl groups excluding tert-OH is 2. The van der Waals surface area contributed by atoms with Crippen LogP contribution in [0.1, 0.15) is 278 Å². The van der Waals surface area contributed by atoms with Gasteiger partial charge in [0, 0.05) is 19.3 Å². The molecule has 6 atom stereocenters. The van der Waals surface area contributed by atoms with Gasteiger partial charge >= 0.3 is 23.9 Å². The maximum absolute atomic E-state index is 13.2. The third-order valence-electron chi connectivity index (χ3n) is 14.2. The number of hydrogen-bond acceptors (Lipinski definition) is 11. The average Bonchev–Trinajstić information content (AvgIpc) is 3.46. The van der Waals surface area contributed by atoms with Gasteiger partial charge in [-0.05, 0) is 103 Å². The summed E-state index contributed by atoms with van der Waals surface area (Å²) in [5.41, 5.74) is 0. The average molecular weight is 1110 g/mol. The van der Waals surface area contributed by atoms with Crippen LogP contribution in [0.3, 0.4) is 0 Å². The zero-order valence-electron chi connectivity index (χ0n) is 50.1. The van der Waals surface area contributed by atoms with Gasteiger partial charge in [0.15, 0.2) is 24.6 Å². The molecule has 0 bridgehead atoms. The molecule has 0 spiro atoms. The predicted molar refractivity (Wildman–Crippen MR) is 322 cm³/mol. The minimum atomic E-state index is -1.91. The van der Waals surface area contributed by atoms with Crippen molar-refractivity contribution in [2.45, 2.75) is 314 Å². The Kier molecular flexibility index (Phi) is 50.7. The number of carboxylic acids is 1. The number of ether oxygens (including phenoxy) is 5. The van der Waals surface area contributed by atoms with E-state index in [1.807, 2.05) is 0 Å². The molecule has 12 heteroatoms. The summed E-state index contributed by atoms with van der Waals surface area (Å²) in [5.74, 6) is -3.14. The van der Waals surface area contributed by atoms with Gasteiger partial charge in [-0.25, -0.2) is 4.79 Å². The van der Waals surface area contributed by atoms with Gasteiger partial charge in [-0.15, -0.1) is 0 Å². The highest BCUT2D eigenvalue weighted by Gasteiger charge is 2.50. The SMILES string of the molecule is CC/C=C\C/C=C\C/C=C\CCCCCCCCCC(=O)OC(COC(=O)CCCCCCCCCCC/C=C\CCCCCCCC)COC1OC(C(=O)O)C(O)C(O)C1OC(=O)CCCCCCC/C=C\C/C=C\CCC. The molecular weight excluding hydrogens is 997 g/mol. The first kappa shape index (κ1) is 73.2. The van der Waals surface area contributed by atoms with E-state index in [4.69, 9.17) is 23.7 Å². The molecular formula is C67H114O12. The minimum Gasteiger partial charge on any atom is -0.479 e. The number of allylic oxidation sites excluding steroid dienone is 12. The van der Waals surface area contributed by atoms with Crippen LogP contribution in [0.15, 0.2) is 72.9 Å². The van der Waals surface area contributed by atoms with Gasteiger partial charge in [0.1, 0.15) is 18.8 Å². The van der Waals surface area contributed by atoms with Crippen LogP contribution >= 0.6 is 0 Å². The lowest BCUT2D eigenvalue weighted by atomic mass is 9.98. The number of carboxylic acid groups (broad SMARTS) is 1. The monoisotopic (exact) mass is 1110 g/mol. The number of hydrogen-bond donors (Lipinski definition) is 3. The maximum atomic E-state index is 13.2. The lowest BCUT2D eigenvalue weighted by Crippen LogP contribution is -2.61. The van der Waals surface area contributed by atoms with E-state index in [1.54, 1.807) is 0 Å². The second-order valence-electron chi connectivity index (χ2n) is 21.7. The zero-order valence-corrected chi connectivity index (χ0v) is 50.1. The molecule has 6 unspecified atom stereocenters. The number of carbonyl (C=O) groups is 4. The Labute approximate surface area is 480 Å². The summed E-state index contributed by atoms with van der Waals surface area (Å²) in [5, 5.41) is 31.5. The molecule has 0 aromatic rings. The Balaban J connectivity index is 2.66. The summed E-state index contributed by atoms with van der Waals surface area (Å²) in [6.07, 6.45) is 57.2. The lowest BCUT2D eigenvalue weighted by molar-refractivity contribution is -0.301. The summed E-state index contributed by atoms with van der Waals surface area (Å²) in [6.45, 7) is 5.82. The second-order valence-corrected chi connectivity index (χ2v) is 21.7. The minimum absolute atomic E-state index is 0.0417. The van der Waals surface area contributed by atoms with E-state index in [-0.39, 0.29) is 25.9 Å². The van der Waals surface area contributed by atoms with Crippen LogP contribution in [0.25, 0.3) is 0 Å². The Bertz CT molecular complexity index is 1650. The first-order valence-corrected chi connectivity index (χ1v) is 31.9. The van der Waals surface area contributed by atoms with E-state index < -0.39 is 67.3 Å². The predicted octanol–water partition coefficient (Wildman–Crippen LogP) is 16.9. The van der Waals surface area contributed by atoms with Gasteiger partial charge in [0.2, 0.25) is 0 Å². The number of esters is 3. The van der Waals surface area contributed by atoms with Crippen molar-refractivity contribution in [2.24, 2.45) is 0 Å². The molecule has 12 nitrogen and oxygen atoms in total. The molecule has 0 amide bonds. The molecule has 1 aliphatic heterocycles. The van der Waals surface area contributed by atoms with Gasteiger partial charge in [0.25, 0.3) is 0 Å². The van der Waals surface area contributed by atoms with Crippen molar-refractivity contribution in [3.05, 3.63) is 72.9 Å². The van der Waals surface area contributed by atoms with Crippen molar-refractivity contribution >= 4 is 23.9 Å². The molecule has 454 valence electrons. The van der Waals surface area contributed by atoms with Crippen LogP contribution in [0.4, 0.5) is 0 Å². The number of carbonyl (C=O) groups excluding carboxylic acids is 3. The second kappa shape index (κ2) is 54.7. The molecule has 0 aromatic heterocycles. The first-order chi connectivity index (χ1) is 38.6. The number of aliphatic hydroxyl groups is 2. The highest BCUT2D eigenvalue weighted by atomic mass is 16.7. The first-order valence-electron chi connectivity index (χ1n) is 31.9. The Morgan fingerprint density at radius 1 is 0.430 bits per heavy atom. The Morgan fingerprint density at radius 3 is 1.28 bits per heavy atom. The number of unbranched alkanes of at least 4 members (excludes halogenated alkanes) is 28. The molecule has 1 saturated heterocycles. The zero-order chi connectivity index (χ0) is 57.5. The molecule has 1 heterocycles. The molecule has 1 rings (SSSR count). The number of rotatable bonds is 54. The lowest BCUT2D eigenvalue weighted by Gasteiger charge is -2.40. The quantitative estimate of drug-likeness (QED) is 0.0228. The molecule has 1 aliphatic rings. The van der Waals surface area contributed by atoms with Gasteiger partial charge < -0.3 is 39.0 Å². The summed E-state index contributed by atoms with van der Waals surface area (Å²) in [6, 6.07) is 0. The standard InChI is InChI=1S/C67H114O12/c1-4-7-10-13-16-19-22-25-27-29-30-32-33-36-38-41-44-47-50-53-59(68)75-56-58(77-60(69)54-51-48-45-42-40-37-34-31-28-26-23-20-17-14-11-8-5-2)57-76-67-65(63(72)62(71)64(79-67)66(73)74)78-61(70)55-52-49-46-43-39-35-24-21-18-15-12-9-6-3/h8,11-12,15,17,20-21,24-28,58,62-65,67,71-72H,4-7,9-10,13-14,16,18-19,22-23,29-57H2,1-3H3,(H,73,74)/b11-8-,15-12-,20-17-,24-21-,27-25-,28-26-. The fourth-order valence-corrected chi connectivity index (χ4v) is 9.36. The molecule has 0 aliphatic carbocycles. The molecule has 79 heavy (non-hydrogen) atoms. The van der Waals surface area contributed by atoms with Crippen molar-refractivity contribution in [1.82, 2.24) is 0 Å². The molecule has 1 fully saturated rings. The van der Waals surface area contributed by atoms with Gasteiger partial charge in [0.05, 0.1) is 6.61 Å². The van der Waals surface area contributed by atoms with Crippen molar-refractivity contribution in [3.63, 3.8) is 0 Å². The van der Waals surface area contributed by atoms with Crippen LogP contribution in [-0.2, 0) is 42.9 Å². The van der Waals surface area contributed by atoms with E-state index >= 15 is 0 Å². The Hall–Kier alpha value is -3.84. The molecule has 0 radical (unpaired) electrons. The van der Waals surface area contributed by atoms with Gasteiger partial charge in [-0.2, -0.15) is 0 Å². The van der Waals surface area contributed by atoms with E-state index in [0.717, 1.165) is 135 Å². The normalized spacial score (nSPS) is 18.3. The molecule has 3 N–H and O–H groups in total. The van der Waals surface area contributed by atoms with E-state index in [9.17, 15) is 34.5 Å². The summed E-state index contributed by atoms with van der Waals surface area (Å²) in [7, 11) is 0. The van der Waals surface area contributed by atoms with Crippen LogP contribution < -0.4 is 0 Å². The molecule has 0 saturated carbocycles. The summed E-state index contributed by atoms with van der Waals surface area (Å²) in [4.78, 5) is 51.3. The fourth-order valence-electron chi connectivity index (χ4n) is 9.36. The number of aliphatic carboxylic acids is 1. The third kappa shape index (κ3) is 44.5. The van der Waals surface area contributed by atoms with Crippen molar-refractivity contribution in [2.75, 3.05) is 13.2 Å². The highest BCUT2D eigenvalue weighted by Crippen LogP contribution is 2.26. The summed E-state index contributed by atoms with van der Waals surface area (Å²) >= 11 is 0. The van der Waals surface area contributed by atoms with Crippen LogP contribution in [-0.4, -0.2) is 89.2 Å². The summed E-state index contributed by atoms with van der Waals surface area (Å²) < 4.78 is 28.5. The Morgan fingerprint density at radius 2 is 0.823 bits per heavy atom. The largest absolute Gasteiger partial charge is 0.479 e. The topological polar surface area (TPSA) is 175 Å². The van der Waals surface area contributed by atoms with Crippen LogP contribution in [0.5, 0.6) is 0 Å². The highest BCUT2D eigenvalue weighted by molar-refractivity contribution is 5.74. The van der Waals surface area contributed by atoms with E-state index in [1.165, 1.54) is 83.5 Å². The van der Waals surface area contributed by atoms with E-state index in [2.05, 4.69) is 93.7 Å². The third-order valence-corrected chi connectivity index (χ3v) is 14.2. The van der Waals surface area contributed by atoms with Gasteiger partial charge in [-0.1, -0.05) is 229 Å². The van der Waals surface area contributed by atoms with Crippen molar-refractivity contribution in [1.29, 1.82) is 0 Å². The smallest absolute Gasteiger partial charge is 0.335 e. The maximum Gasteiger partial charge on any atom is 0.335 e.